The van der Waals surface area contributed by atoms with Crippen LogP contribution in [0.3, 0.4) is 0 Å². The Balaban J connectivity index is 2.10. The molecule has 0 saturated carbocycles. The zero-order chi connectivity index (χ0) is 18.0. The Morgan fingerprint density at radius 3 is 2.44 bits per heavy atom. The van der Waals surface area contributed by atoms with Crippen LogP contribution in [0, 0.1) is 15.9 Å². The lowest BCUT2D eigenvalue weighted by Crippen LogP contribution is -2.14. The van der Waals surface area contributed by atoms with E-state index in [-0.39, 0.29) is 11.2 Å². The molecule has 0 unspecified atom stereocenters. The monoisotopic (exact) mass is 340 g/mol. The number of pyridine rings is 1. The van der Waals surface area contributed by atoms with Gasteiger partial charge in [-0.25, -0.2) is 4.39 Å². The van der Waals surface area contributed by atoms with Gasteiger partial charge in [-0.05, 0) is 36.4 Å². The van der Waals surface area contributed by atoms with Gasteiger partial charge >= 0.3 is 0 Å². The van der Waals surface area contributed by atoms with Crippen molar-refractivity contribution in [2.24, 2.45) is 7.05 Å². The fraction of sp³-hybridized carbons (Fsp3) is 0.0556. The van der Waals surface area contributed by atoms with E-state index in [1.165, 1.54) is 53.1 Å². The van der Waals surface area contributed by atoms with E-state index in [0.717, 1.165) is 0 Å². The molecular weight excluding hydrogens is 327 g/mol. The second-order valence-electron chi connectivity index (χ2n) is 5.36. The first-order valence-electron chi connectivity index (χ1n) is 7.33. The number of ether oxygens (including phenoxy) is 1. The molecule has 0 aliphatic rings. The predicted molar refractivity (Wildman–Crippen MR) is 90.2 cm³/mol. The normalized spacial score (nSPS) is 10.5. The number of hydrogen-bond donors (Lipinski definition) is 0. The van der Waals surface area contributed by atoms with Crippen LogP contribution < -0.4 is 10.3 Å². The highest BCUT2D eigenvalue weighted by atomic mass is 19.1. The van der Waals surface area contributed by atoms with Crippen LogP contribution in [-0.2, 0) is 7.05 Å². The third kappa shape index (κ3) is 3.55. The van der Waals surface area contributed by atoms with Gasteiger partial charge in [0.1, 0.15) is 17.3 Å². The summed E-state index contributed by atoms with van der Waals surface area (Å²) in [5.74, 6) is 0.353. The van der Waals surface area contributed by atoms with E-state index in [9.17, 15) is 19.3 Å². The van der Waals surface area contributed by atoms with Crippen molar-refractivity contribution in [2.45, 2.75) is 0 Å². The Morgan fingerprint density at radius 2 is 1.80 bits per heavy atom. The van der Waals surface area contributed by atoms with Crippen LogP contribution >= 0.6 is 0 Å². The Hall–Kier alpha value is -3.48. The SMILES string of the molecule is Cn1cc(-c2cc([N+](=O)[O-])ccc2Oc2ccc(F)cc2)ccc1=O. The largest absolute Gasteiger partial charge is 0.457 e. The zero-order valence-electron chi connectivity index (χ0n) is 13.2. The molecule has 0 aliphatic carbocycles. The number of benzene rings is 2. The van der Waals surface area contributed by atoms with Gasteiger partial charge < -0.3 is 9.30 Å². The molecular formula is C18H13FN2O4. The minimum absolute atomic E-state index is 0.102. The zero-order valence-corrected chi connectivity index (χ0v) is 13.2. The van der Waals surface area contributed by atoms with E-state index in [1.54, 1.807) is 19.3 Å². The number of nitro benzene ring substituents is 1. The van der Waals surface area contributed by atoms with Crippen molar-refractivity contribution in [1.82, 2.24) is 4.57 Å². The fourth-order valence-electron chi connectivity index (χ4n) is 2.33. The molecule has 0 N–H and O–H groups in total. The van der Waals surface area contributed by atoms with Crippen molar-refractivity contribution in [2.75, 3.05) is 0 Å². The number of rotatable bonds is 4. The summed E-state index contributed by atoms with van der Waals surface area (Å²) in [4.78, 5) is 22.1. The lowest BCUT2D eigenvalue weighted by molar-refractivity contribution is -0.384. The minimum atomic E-state index is -0.507. The first-order chi connectivity index (χ1) is 11.9. The number of nitro groups is 1. The minimum Gasteiger partial charge on any atom is -0.457 e. The molecule has 3 aromatic rings. The highest BCUT2D eigenvalue weighted by molar-refractivity contribution is 5.72. The lowest BCUT2D eigenvalue weighted by atomic mass is 10.1. The van der Waals surface area contributed by atoms with Crippen LogP contribution in [0.15, 0.2) is 65.6 Å². The second-order valence-corrected chi connectivity index (χ2v) is 5.36. The third-order valence-corrected chi connectivity index (χ3v) is 3.61. The average molecular weight is 340 g/mol. The quantitative estimate of drug-likeness (QED) is 0.533. The smallest absolute Gasteiger partial charge is 0.270 e. The van der Waals surface area contributed by atoms with Gasteiger partial charge in [0, 0.05) is 42.6 Å². The summed E-state index contributed by atoms with van der Waals surface area (Å²) < 4.78 is 20.1. The second kappa shape index (κ2) is 6.56. The highest BCUT2D eigenvalue weighted by Crippen LogP contribution is 2.35. The van der Waals surface area contributed by atoms with Crippen LogP contribution in [0.2, 0.25) is 0 Å². The molecule has 1 aromatic heterocycles. The Kier molecular flexibility index (Phi) is 4.30. The van der Waals surface area contributed by atoms with Gasteiger partial charge in [0.25, 0.3) is 5.69 Å². The molecule has 0 fully saturated rings. The molecule has 0 amide bonds. The summed E-state index contributed by atoms with van der Waals surface area (Å²) in [6.45, 7) is 0. The molecule has 1 heterocycles. The average Bonchev–Trinajstić information content (AvgIpc) is 2.59. The van der Waals surface area contributed by atoms with Crippen LogP contribution in [0.25, 0.3) is 11.1 Å². The maximum atomic E-state index is 13.0. The number of aromatic nitrogens is 1. The van der Waals surface area contributed by atoms with Crippen molar-refractivity contribution in [3.8, 4) is 22.6 Å². The van der Waals surface area contributed by atoms with Crippen LogP contribution in [-0.4, -0.2) is 9.49 Å². The topological polar surface area (TPSA) is 74.4 Å². The van der Waals surface area contributed by atoms with Crippen molar-refractivity contribution >= 4 is 5.69 Å². The number of non-ortho nitro benzene ring substituents is 1. The molecule has 2 aromatic carbocycles. The molecule has 0 spiro atoms. The first kappa shape index (κ1) is 16.4. The Bertz CT molecular complexity index is 997. The first-order valence-corrected chi connectivity index (χ1v) is 7.33. The molecule has 0 saturated heterocycles. The molecule has 0 bridgehead atoms. The number of nitrogens with zero attached hydrogens (tertiary/aromatic N) is 2. The Labute approximate surface area is 141 Å². The molecule has 3 rings (SSSR count). The molecule has 126 valence electrons. The summed E-state index contributed by atoms with van der Waals surface area (Å²) in [5.41, 5.74) is 0.738. The van der Waals surface area contributed by atoms with E-state index < -0.39 is 10.7 Å². The lowest BCUT2D eigenvalue weighted by Gasteiger charge is -2.12. The molecule has 0 radical (unpaired) electrons. The van der Waals surface area contributed by atoms with E-state index in [1.807, 2.05) is 0 Å². The van der Waals surface area contributed by atoms with E-state index >= 15 is 0 Å². The van der Waals surface area contributed by atoms with Gasteiger partial charge in [-0.15, -0.1) is 0 Å². The van der Waals surface area contributed by atoms with Crippen molar-refractivity contribution in [1.29, 1.82) is 0 Å². The Morgan fingerprint density at radius 1 is 1.08 bits per heavy atom. The third-order valence-electron chi connectivity index (χ3n) is 3.61. The molecule has 25 heavy (non-hydrogen) atoms. The predicted octanol–water partition coefficient (Wildman–Crippen LogP) is 3.89. The molecule has 6 nitrogen and oxygen atoms in total. The summed E-state index contributed by atoms with van der Waals surface area (Å²) in [6, 6.07) is 12.5. The number of hydrogen-bond acceptors (Lipinski definition) is 4. The van der Waals surface area contributed by atoms with Crippen molar-refractivity contribution in [3.05, 3.63) is 87.1 Å². The van der Waals surface area contributed by atoms with Crippen molar-refractivity contribution < 1.29 is 14.1 Å². The van der Waals surface area contributed by atoms with Crippen molar-refractivity contribution in [3.63, 3.8) is 0 Å². The van der Waals surface area contributed by atoms with Gasteiger partial charge in [0.2, 0.25) is 5.56 Å². The van der Waals surface area contributed by atoms with Gasteiger partial charge in [-0.2, -0.15) is 0 Å². The van der Waals surface area contributed by atoms with Gasteiger partial charge in [-0.3, -0.25) is 14.9 Å². The van der Waals surface area contributed by atoms with E-state index in [4.69, 9.17) is 4.74 Å². The highest BCUT2D eigenvalue weighted by Gasteiger charge is 2.15. The molecule has 7 heteroatoms. The number of aryl methyl sites for hydroxylation is 1. The van der Waals surface area contributed by atoms with Crippen LogP contribution in [0.1, 0.15) is 0 Å². The van der Waals surface area contributed by atoms with Gasteiger partial charge in [0.05, 0.1) is 4.92 Å². The number of halogens is 1. The summed E-state index contributed by atoms with van der Waals surface area (Å²) in [6.07, 6.45) is 1.57. The molecule has 0 aliphatic heterocycles. The van der Waals surface area contributed by atoms with Gasteiger partial charge in [0.15, 0.2) is 0 Å². The van der Waals surface area contributed by atoms with Crippen LogP contribution in [0.5, 0.6) is 11.5 Å². The fourth-order valence-corrected chi connectivity index (χ4v) is 2.33. The standard InChI is InChI=1S/C18H13FN2O4/c1-20-11-12(2-9-18(20)22)16-10-14(21(23)24)5-8-17(16)25-15-6-3-13(19)4-7-15/h2-11H,1H3. The maximum absolute atomic E-state index is 13.0. The summed E-state index contributed by atoms with van der Waals surface area (Å²) >= 11 is 0. The summed E-state index contributed by atoms with van der Waals surface area (Å²) in [7, 11) is 1.59. The van der Waals surface area contributed by atoms with Gasteiger partial charge in [-0.1, -0.05) is 0 Å². The van der Waals surface area contributed by atoms with Crippen LogP contribution in [0.4, 0.5) is 10.1 Å². The van der Waals surface area contributed by atoms with E-state index in [0.29, 0.717) is 22.6 Å². The van der Waals surface area contributed by atoms with E-state index in [2.05, 4.69) is 0 Å². The maximum Gasteiger partial charge on any atom is 0.270 e. The molecule has 0 atom stereocenters. The summed E-state index contributed by atoms with van der Waals surface area (Å²) in [5, 5.41) is 11.1.